The van der Waals surface area contributed by atoms with Crippen molar-refractivity contribution in [3.05, 3.63) is 0 Å². The first-order valence-electron chi connectivity index (χ1n) is 23.2. The maximum absolute atomic E-state index is 13.9. The quantitative estimate of drug-likeness (QED) is 0.0424. The number of likely N-dealkylation sites (N-methyl/N-ethyl adjacent to an activating group) is 2. The Morgan fingerprint density at radius 3 is 1.38 bits per heavy atom. The summed E-state index contributed by atoms with van der Waals surface area (Å²) in [5.74, 6) is -13.8. The van der Waals surface area contributed by atoms with Crippen LogP contribution < -0.4 is 43.4 Å². The first-order valence-corrected chi connectivity index (χ1v) is 23.2. The molecule has 28 heteroatoms. The van der Waals surface area contributed by atoms with Crippen molar-refractivity contribution in [1.82, 2.24) is 41.7 Å². The standard InChI is InChI=1S/C44H69FN10O17/c1-21(48-38(65)29(18-31(46)56)54(6)40(67)24-11-9-13-26(15-24)51-37(64)28(17-34(60)61)53-43(70)72-44(3,4)5)35(62)52-27(16-33(58)59)36(63)50-25-12-8-10-23(14-25)41(68)55(7)30(19-32(47)57)39(66)49-22(2)42(69)71-20-45/h21-30H,8-20H2,1-7H3,(H2,46,56)(H2,47,57)(H,48,65)(H,49,66)(H,50,63)(H,51,64)(H,52,62)(H,53,70)(H,58,59)(H,60,61)/t21-,22-,23-,24-,25+,26+,27-,28-,29-,30-/m0/s1. The largest absolute Gasteiger partial charge is 0.481 e. The van der Waals surface area contributed by atoms with Crippen LogP contribution in [0.4, 0.5) is 9.18 Å². The number of nitrogens with one attached hydrogen (secondary N) is 6. The summed E-state index contributed by atoms with van der Waals surface area (Å²) in [5.41, 5.74) is 9.83. The number of hydrogen-bond acceptors (Lipinski definition) is 15. The minimum Gasteiger partial charge on any atom is -0.481 e. The minimum atomic E-state index is -1.72. The van der Waals surface area contributed by atoms with E-state index in [1.807, 2.05) is 0 Å². The van der Waals surface area contributed by atoms with Crippen LogP contribution in [0.15, 0.2) is 0 Å². The summed E-state index contributed by atoms with van der Waals surface area (Å²) in [6, 6.07) is -10.6. The van der Waals surface area contributed by atoms with E-state index in [0.29, 0.717) is 25.7 Å². The Bertz CT molecular complexity index is 2050. The average molecular weight is 1030 g/mol. The van der Waals surface area contributed by atoms with E-state index in [9.17, 15) is 76.9 Å². The Morgan fingerprint density at radius 1 is 0.597 bits per heavy atom. The molecule has 0 heterocycles. The highest BCUT2D eigenvalue weighted by molar-refractivity contribution is 5.97. The number of esters is 1. The van der Waals surface area contributed by atoms with Crippen molar-refractivity contribution >= 4 is 77.2 Å². The van der Waals surface area contributed by atoms with Crippen LogP contribution in [0.1, 0.15) is 112 Å². The lowest BCUT2D eigenvalue weighted by atomic mass is 9.84. The smallest absolute Gasteiger partial charge is 0.408 e. The lowest BCUT2D eigenvalue weighted by molar-refractivity contribution is -0.152. The van der Waals surface area contributed by atoms with E-state index < -0.39 is 175 Å². The van der Waals surface area contributed by atoms with Crippen molar-refractivity contribution in [3.8, 4) is 0 Å². The fraction of sp³-hybridized carbons (Fsp3) is 0.705. The molecule has 404 valence electrons. The van der Waals surface area contributed by atoms with Gasteiger partial charge in [-0.05, 0) is 73.1 Å². The van der Waals surface area contributed by atoms with Crippen LogP contribution in [0, 0.1) is 11.8 Å². The number of nitrogens with zero attached hydrogens (tertiary/aromatic N) is 2. The number of alkyl carbamates (subject to hydrolysis) is 1. The Labute approximate surface area is 414 Å². The predicted molar refractivity (Wildman–Crippen MR) is 245 cm³/mol. The van der Waals surface area contributed by atoms with Gasteiger partial charge in [-0.25, -0.2) is 14.0 Å². The fourth-order valence-electron chi connectivity index (χ4n) is 8.21. The van der Waals surface area contributed by atoms with Crippen LogP contribution in [0.25, 0.3) is 0 Å². The molecule has 0 bridgehead atoms. The van der Waals surface area contributed by atoms with E-state index >= 15 is 0 Å². The highest BCUT2D eigenvalue weighted by Gasteiger charge is 2.40. The first-order chi connectivity index (χ1) is 33.4. The summed E-state index contributed by atoms with van der Waals surface area (Å²) in [7, 11) is 2.45. The molecule has 0 radical (unpaired) electrons. The first kappa shape index (κ1) is 61.0. The molecular weight excluding hydrogens is 960 g/mol. The van der Waals surface area contributed by atoms with Crippen LogP contribution >= 0.6 is 0 Å². The van der Waals surface area contributed by atoms with Crippen molar-refractivity contribution < 1.29 is 86.4 Å². The van der Waals surface area contributed by atoms with Gasteiger partial charge < -0.3 is 72.9 Å². The Kier molecular flexibility index (Phi) is 23.7. The van der Waals surface area contributed by atoms with Gasteiger partial charge in [0.2, 0.25) is 60.0 Å². The van der Waals surface area contributed by atoms with Crippen LogP contribution in [-0.4, -0.2) is 172 Å². The molecule has 2 saturated carbocycles. The number of rotatable bonds is 25. The molecule has 0 aromatic carbocycles. The van der Waals surface area contributed by atoms with Crippen molar-refractivity contribution in [3.63, 3.8) is 0 Å². The number of carbonyl (C=O) groups excluding carboxylic acids is 11. The zero-order valence-corrected chi connectivity index (χ0v) is 41.4. The zero-order chi connectivity index (χ0) is 54.8. The third kappa shape index (κ3) is 20.3. The highest BCUT2D eigenvalue weighted by atomic mass is 19.1. The second kappa shape index (κ2) is 28.0. The summed E-state index contributed by atoms with van der Waals surface area (Å²) < 4.78 is 21.9. The molecule has 72 heavy (non-hydrogen) atoms. The molecule has 2 fully saturated rings. The zero-order valence-electron chi connectivity index (χ0n) is 41.4. The van der Waals surface area contributed by atoms with Crippen molar-refractivity contribution in [1.29, 1.82) is 0 Å². The number of hydrogen-bond donors (Lipinski definition) is 10. The maximum Gasteiger partial charge on any atom is 0.408 e. The number of amides is 10. The molecule has 2 rings (SSSR count). The van der Waals surface area contributed by atoms with Gasteiger partial charge in [0, 0.05) is 38.0 Å². The molecule has 10 atom stereocenters. The second-order valence-corrected chi connectivity index (χ2v) is 18.9. The molecule has 0 unspecified atom stereocenters. The third-order valence-electron chi connectivity index (χ3n) is 11.8. The Balaban J connectivity index is 2.14. The molecule has 0 spiro atoms. The lowest BCUT2D eigenvalue weighted by Crippen LogP contribution is -2.58. The van der Waals surface area contributed by atoms with Gasteiger partial charge in [-0.15, -0.1) is 0 Å². The number of carboxylic acid groups (broad SMARTS) is 2. The van der Waals surface area contributed by atoms with E-state index in [4.69, 9.17) is 16.2 Å². The SMILES string of the molecule is C[C@H](NC(=O)[C@H](CC(N)=O)N(C)C(=O)[C@H]1CCC[C@@H](NC(=O)[C@H](CC(=O)O)NC(=O)OC(C)(C)C)C1)C(=O)N[C@@H](CC(=O)O)C(=O)N[C@@H]1CCC[C@H](C(=O)N(C)[C@@H](CC(N)=O)C(=O)N[C@@H](C)C(=O)OCF)C1. The molecule has 0 saturated heterocycles. The number of aliphatic carboxylic acids is 2. The predicted octanol–water partition coefficient (Wildman–Crippen LogP) is -2.45. The van der Waals surface area contributed by atoms with Gasteiger partial charge in [-0.2, -0.15) is 0 Å². The number of halogens is 1. The van der Waals surface area contributed by atoms with E-state index in [0.717, 1.165) is 9.80 Å². The summed E-state index contributed by atoms with van der Waals surface area (Å²) >= 11 is 0. The van der Waals surface area contributed by atoms with Gasteiger partial charge >= 0.3 is 24.0 Å². The molecule has 0 aromatic heterocycles. The number of primary amides is 2. The topological polar surface area (TPSA) is 412 Å². The number of alkyl halides is 1. The third-order valence-corrected chi connectivity index (χ3v) is 11.8. The van der Waals surface area contributed by atoms with Crippen LogP contribution in [0.2, 0.25) is 0 Å². The van der Waals surface area contributed by atoms with E-state index in [-0.39, 0.29) is 25.7 Å². The molecule has 10 amide bonds. The maximum atomic E-state index is 13.9. The van der Waals surface area contributed by atoms with E-state index in [1.54, 1.807) is 20.8 Å². The van der Waals surface area contributed by atoms with Gasteiger partial charge in [0.1, 0.15) is 41.9 Å². The van der Waals surface area contributed by atoms with Gasteiger partial charge in [0.25, 0.3) is 0 Å². The van der Waals surface area contributed by atoms with Gasteiger partial charge in [-0.1, -0.05) is 12.8 Å². The lowest BCUT2D eigenvalue weighted by Gasteiger charge is -2.35. The van der Waals surface area contributed by atoms with Gasteiger partial charge in [-0.3, -0.25) is 52.7 Å². The average Bonchev–Trinajstić information content (AvgIpc) is 3.27. The molecule has 12 N–H and O–H groups in total. The number of carbonyl (C=O) groups is 13. The molecule has 0 aromatic rings. The van der Waals surface area contributed by atoms with E-state index in [1.165, 1.54) is 27.9 Å². The van der Waals surface area contributed by atoms with Crippen LogP contribution in [-0.2, 0) is 67.0 Å². The highest BCUT2D eigenvalue weighted by Crippen LogP contribution is 2.28. The second-order valence-electron chi connectivity index (χ2n) is 18.9. The molecular formula is C44H69FN10O17. The molecule has 27 nitrogen and oxygen atoms in total. The number of carboxylic acids is 2. The van der Waals surface area contributed by atoms with E-state index in [2.05, 4.69) is 36.6 Å². The normalized spacial score (nSPS) is 20.1. The van der Waals surface area contributed by atoms with Crippen molar-refractivity contribution in [2.24, 2.45) is 23.3 Å². The summed E-state index contributed by atoms with van der Waals surface area (Å²) in [4.78, 5) is 168. The van der Waals surface area contributed by atoms with Gasteiger partial charge in [0.05, 0.1) is 25.7 Å². The molecule has 2 aliphatic rings. The monoisotopic (exact) mass is 1030 g/mol. The van der Waals surface area contributed by atoms with Crippen molar-refractivity contribution in [2.75, 3.05) is 21.0 Å². The summed E-state index contributed by atoms with van der Waals surface area (Å²) in [6.07, 6.45) is -2.08. The number of ether oxygens (including phenoxy) is 2. The summed E-state index contributed by atoms with van der Waals surface area (Å²) in [5, 5.41) is 33.4. The van der Waals surface area contributed by atoms with Gasteiger partial charge in [0.15, 0.2) is 0 Å². The molecule has 0 aliphatic heterocycles. The molecule has 2 aliphatic carbocycles. The fourth-order valence-corrected chi connectivity index (χ4v) is 8.21. The van der Waals surface area contributed by atoms with Crippen molar-refractivity contribution in [2.45, 2.75) is 166 Å². The summed E-state index contributed by atoms with van der Waals surface area (Å²) in [6.45, 7) is 5.65. The van der Waals surface area contributed by atoms with Crippen LogP contribution in [0.3, 0.4) is 0 Å². The number of nitrogens with two attached hydrogens (primary N) is 2. The Hall–Kier alpha value is -7.16. The minimum absolute atomic E-state index is 0.0210. The Morgan fingerprint density at radius 2 is 1.00 bits per heavy atom. The van der Waals surface area contributed by atoms with Crippen LogP contribution in [0.5, 0.6) is 0 Å².